The van der Waals surface area contributed by atoms with Gasteiger partial charge in [-0.1, -0.05) is 22.0 Å². The first-order valence-electron chi connectivity index (χ1n) is 6.46. The lowest BCUT2D eigenvalue weighted by Gasteiger charge is -2.18. The number of fused-ring (bicyclic) bond motifs is 1. The third kappa shape index (κ3) is 3.06. The SMILES string of the molecule is Nc1cccc(Br)c1CS(=O)c1ccc2c(c1)OCCO2. The smallest absolute Gasteiger partial charge is 0.162 e. The van der Waals surface area contributed by atoms with Gasteiger partial charge in [0.25, 0.3) is 0 Å². The Morgan fingerprint density at radius 3 is 2.67 bits per heavy atom. The average molecular weight is 368 g/mol. The maximum atomic E-state index is 12.5. The Labute approximate surface area is 133 Å². The highest BCUT2D eigenvalue weighted by Gasteiger charge is 2.16. The molecule has 21 heavy (non-hydrogen) atoms. The lowest BCUT2D eigenvalue weighted by atomic mass is 10.2. The molecule has 0 amide bonds. The van der Waals surface area contributed by atoms with Gasteiger partial charge in [0.1, 0.15) is 13.2 Å². The molecule has 2 N–H and O–H groups in total. The van der Waals surface area contributed by atoms with Gasteiger partial charge in [-0.3, -0.25) is 4.21 Å². The number of rotatable bonds is 3. The first-order chi connectivity index (χ1) is 10.1. The minimum Gasteiger partial charge on any atom is -0.486 e. The number of hydrogen-bond acceptors (Lipinski definition) is 4. The fourth-order valence-electron chi connectivity index (χ4n) is 2.11. The highest BCUT2D eigenvalue weighted by Crippen LogP contribution is 2.33. The monoisotopic (exact) mass is 367 g/mol. The van der Waals surface area contributed by atoms with E-state index in [0.717, 1.165) is 10.0 Å². The third-order valence-electron chi connectivity index (χ3n) is 3.21. The summed E-state index contributed by atoms with van der Waals surface area (Å²) in [5.74, 6) is 1.70. The molecular weight excluding hydrogens is 354 g/mol. The maximum Gasteiger partial charge on any atom is 0.162 e. The second-order valence-electron chi connectivity index (χ2n) is 4.60. The molecule has 1 aliphatic rings. The van der Waals surface area contributed by atoms with Gasteiger partial charge in [0, 0.05) is 26.7 Å². The molecule has 0 fully saturated rings. The Morgan fingerprint density at radius 1 is 1.14 bits per heavy atom. The number of anilines is 1. The van der Waals surface area contributed by atoms with Crippen molar-refractivity contribution in [3.63, 3.8) is 0 Å². The molecule has 1 aliphatic heterocycles. The fraction of sp³-hybridized carbons (Fsp3) is 0.200. The van der Waals surface area contributed by atoms with Crippen molar-refractivity contribution in [3.8, 4) is 11.5 Å². The van der Waals surface area contributed by atoms with E-state index in [9.17, 15) is 4.21 Å². The summed E-state index contributed by atoms with van der Waals surface area (Å²) >= 11 is 3.45. The highest BCUT2D eigenvalue weighted by atomic mass is 79.9. The van der Waals surface area contributed by atoms with Crippen LogP contribution in [0.3, 0.4) is 0 Å². The Morgan fingerprint density at radius 2 is 1.90 bits per heavy atom. The van der Waals surface area contributed by atoms with Gasteiger partial charge in [0.2, 0.25) is 0 Å². The standard InChI is InChI=1S/C15H14BrNO3S/c16-12-2-1-3-13(17)11(12)9-21(18)10-4-5-14-15(8-10)20-7-6-19-14/h1-5,8H,6-7,9,17H2. The predicted octanol–water partition coefficient (Wildman–Crippen LogP) is 3.11. The molecule has 0 radical (unpaired) electrons. The molecule has 0 bridgehead atoms. The van der Waals surface area contributed by atoms with E-state index in [4.69, 9.17) is 15.2 Å². The van der Waals surface area contributed by atoms with Crippen LogP contribution in [0.15, 0.2) is 45.8 Å². The number of nitrogen functional groups attached to an aromatic ring is 1. The van der Waals surface area contributed by atoms with Crippen LogP contribution >= 0.6 is 15.9 Å². The van der Waals surface area contributed by atoms with Gasteiger partial charge in [0.15, 0.2) is 11.5 Å². The van der Waals surface area contributed by atoms with Crippen molar-refractivity contribution >= 4 is 32.4 Å². The summed E-state index contributed by atoms with van der Waals surface area (Å²) in [6, 6.07) is 10.9. The molecule has 0 saturated carbocycles. The zero-order chi connectivity index (χ0) is 14.8. The van der Waals surface area contributed by atoms with E-state index in [-0.39, 0.29) is 0 Å². The summed E-state index contributed by atoms with van der Waals surface area (Å²) in [5.41, 5.74) is 7.44. The van der Waals surface area contributed by atoms with E-state index >= 15 is 0 Å². The van der Waals surface area contributed by atoms with Crippen LogP contribution in [0.5, 0.6) is 11.5 Å². The van der Waals surface area contributed by atoms with Crippen LogP contribution < -0.4 is 15.2 Å². The molecule has 1 unspecified atom stereocenters. The van der Waals surface area contributed by atoms with E-state index in [1.165, 1.54) is 0 Å². The first-order valence-corrected chi connectivity index (χ1v) is 8.57. The zero-order valence-electron chi connectivity index (χ0n) is 11.2. The highest BCUT2D eigenvalue weighted by molar-refractivity contribution is 9.10. The molecule has 4 nitrogen and oxygen atoms in total. The van der Waals surface area contributed by atoms with Gasteiger partial charge in [0.05, 0.1) is 16.6 Å². The van der Waals surface area contributed by atoms with E-state index in [1.807, 2.05) is 12.1 Å². The number of hydrogen-bond donors (Lipinski definition) is 1. The molecule has 0 spiro atoms. The molecule has 6 heteroatoms. The first kappa shape index (κ1) is 14.4. The normalized spacial score (nSPS) is 14.7. The van der Waals surface area contributed by atoms with Crippen LogP contribution in [-0.4, -0.2) is 17.4 Å². The lowest BCUT2D eigenvalue weighted by molar-refractivity contribution is 0.171. The molecule has 0 saturated heterocycles. The lowest BCUT2D eigenvalue weighted by Crippen LogP contribution is -2.15. The Bertz CT molecular complexity index is 685. The minimum atomic E-state index is -1.20. The number of benzene rings is 2. The van der Waals surface area contributed by atoms with E-state index < -0.39 is 10.8 Å². The van der Waals surface area contributed by atoms with Crippen molar-refractivity contribution in [2.45, 2.75) is 10.6 Å². The topological polar surface area (TPSA) is 61.6 Å². The number of ether oxygens (including phenoxy) is 2. The van der Waals surface area contributed by atoms with Gasteiger partial charge in [-0.2, -0.15) is 0 Å². The molecule has 2 aromatic rings. The molecule has 110 valence electrons. The number of nitrogens with two attached hydrogens (primary N) is 1. The van der Waals surface area contributed by atoms with Gasteiger partial charge in [-0.25, -0.2) is 0 Å². The van der Waals surface area contributed by atoms with E-state index in [2.05, 4.69) is 15.9 Å². The van der Waals surface area contributed by atoms with Gasteiger partial charge < -0.3 is 15.2 Å². The van der Waals surface area contributed by atoms with Crippen molar-refractivity contribution < 1.29 is 13.7 Å². The number of halogens is 1. The second-order valence-corrected chi connectivity index (χ2v) is 6.91. The van der Waals surface area contributed by atoms with Crippen LogP contribution in [0.4, 0.5) is 5.69 Å². The van der Waals surface area contributed by atoms with Crippen molar-refractivity contribution in [1.82, 2.24) is 0 Å². The zero-order valence-corrected chi connectivity index (χ0v) is 13.6. The molecule has 1 heterocycles. The largest absolute Gasteiger partial charge is 0.486 e. The van der Waals surface area contributed by atoms with Crippen molar-refractivity contribution in [2.24, 2.45) is 0 Å². The molecule has 3 rings (SSSR count). The van der Waals surface area contributed by atoms with Crippen molar-refractivity contribution in [3.05, 3.63) is 46.4 Å². The summed E-state index contributed by atoms with van der Waals surface area (Å²) in [6.45, 7) is 1.06. The molecule has 1 atom stereocenters. The van der Waals surface area contributed by atoms with E-state index in [0.29, 0.717) is 41.0 Å². The third-order valence-corrected chi connectivity index (χ3v) is 5.28. The summed E-state index contributed by atoms with van der Waals surface area (Å²) in [6.07, 6.45) is 0. The molecule has 0 aromatic heterocycles. The van der Waals surface area contributed by atoms with Gasteiger partial charge >= 0.3 is 0 Å². The van der Waals surface area contributed by atoms with Crippen LogP contribution in [0.2, 0.25) is 0 Å². The minimum absolute atomic E-state index is 0.354. The Balaban J connectivity index is 1.86. The Kier molecular flexibility index (Phi) is 4.17. The predicted molar refractivity (Wildman–Crippen MR) is 86.1 cm³/mol. The van der Waals surface area contributed by atoms with Gasteiger partial charge in [-0.05, 0) is 24.3 Å². The fourth-order valence-corrected chi connectivity index (χ4v) is 4.02. The quantitative estimate of drug-likeness (QED) is 0.846. The second kappa shape index (κ2) is 6.07. The average Bonchev–Trinajstić information content (AvgIpc) is 2.50. The van der Waals surface area contributed by atoms with Crippen LogP contribution in [0.1, 0.15) is 5.56 Å². The maximum absolute atomic E-state index is 12.5. The summed E-state index contributed by atoms with van der Waals surface area (Å²) < 4.78 is 24.4. The summed E-state index contributed by atoms with van der Waals surface area (Å²) in [4.78, 5) is 0.703. The Hall–Kier alpha value is -1.53. The molecular formula is C15H14BrNO3S. The summed E-state index contributed by atoms with van der Waals surface area (Å²) in [5, 5.41) is 0. The van der Waals surface area contributed by atoms with Crippen molar-refractivity contribution in [1.29, 1.82) is 0 Å². The van der Waals surface area contributed by atoms with Gasteiger partial charge in [-0.15, -0.1) is 0 Å². The van der Waals surface area contributed by atoms with Crippen molar-refractivity contribution in [2.75, 3.05) is 18.9 Å². The molecule has 0 aliphatic carbocycles. The molecule has 2 aromatic carbocycles. The van der Waals surface area contributed by atoms with Crippen LogP contribution in [-0.2, 0) is 16.6 Å². The summed E-state index contributed by atoms with van der Waals surface area (Å²) in [7, 11) is -1.20. The van der Waals surface area contributed by atoms with E-state index in [1.54, 1.807) is 24.3 Å². The van der Waals surface area contributed by atoms with Crippen LogP contribution in [0, 0.1) is 0 Å². The van der Waals surface area contributed by atoms with Crippen LogP contribution in [0.25, 0.3) is 0 Å².